The van der Waals surface area contributed by atoms with Gasteiger partial charge in [-0.25, -0.2) is 0 Å². The van der Waals surface area contributed by atoms with Crippen molar-refractivity contribution >= 4 is 29.1 Å². The fraction of sp³-hybridized carbons (Fsp3) is 0.519. The van der Waals surface area contributed by atoms with Gasteiger partial charge in [-0.1, -0.05) is 50.8 Å². The molecule has 0 bridgehead atoms. The van der Waals surface area contributed by atoms with Crippen molar-refractivity contribution in [3.05, 3.63) is 48.0 Å². The van der Waals surface area contributed by atoms with Crippen molar-refractivity contribution < 1.29 is 29.1 Å². The molecule has 0 aliphatic rings. The van der Waals surface area contributed by atoms with E-state index in [1.807, 2.05) is 44.2 Å². The van der Waals surface area contributed by atoms with Crippen LogP contribution in [0.15, 0.2) is 42.5 Å². The predicted octanol–water partition coefficient (Wildman–Crippen LogP) is 4.79. The summed E-state index contributed by atoms with van der Waals surface area (Å²) in [4.78, 5) is 61.1. The monoisotopic (exact) mass is 456 g/mol. The molecule has 0 aliphatic carbocycles. The van der Waals surface area contributed by atoms with E-state index in [4.69, 9.17) is 5.11 Å². The smallest absolute Gasteiger partial charge is 0.303 e. The Hall–Kier alpha value is -2.89. The zero-order valence-electron chi connectivity index (χ0n) is 20.0. The van der Waals surface area contributed by atoms with Crippen LogP contribution in [0.4, 0.5) is 0 Å². The second-order valence-electron chi connectivity index (χ2n) is 9.19. The van der Waals surface area contributed by atoms with Crippen LogP contribution in [0.1, 0.15) is 71.3 Å². The fourth-order valence-electron chi connectivity index (χ4n) is 3.78. The molecule has 0 amide bonds. The first-order valence-corrected chi connectivity index (χ1v) is 11.5. The number of Topliss-reactive ketones (excluding diaryl/α,β-unsaturated/α-hetero) is 4. The SMILES string of the molecule is C=C(C)C(=O)CCC(=O)CC(Cc1ccccc1)C(=O)CC(CC(C)C)C(=O)CCC(=O)O. The quantitative estimate of drug-likeness (QED) is 0.338. The molecule has 33 heavy (non-hydrogen) atoms. The fourth-order valence-corrected chi connectivity index (χ4v) is 3.78. The molecular weight excluding hydrogens is 420 g/mol. The van der Waals surface area contributed by atoms with Crippen molar-refractivity contribution in [2.45, 2.75) is 72.1 Å². The Kier molecular flexibility index (Phi) is 12.2. The summed E-state index contributed by atoms with van der Waals surface area (Å²) in [6.45, 7) is 9.09. The second-order valence-corrected chi connectivity index (χ2v) is 9.19. The third-order valence-corrected chi connectivity index (χ3v) is 5.61. The van der Waals surface area contributed by atoms with E-state index in [0.29, 0.717) is 18.4 Å². The van der Waals surface area contributed by atoms with Crippen LogP contribution in [-0.2, 0) is 30.4 Å². The van der Waals surface area contributed by atoms with E-state index in [0.717, 1.165) is 5.56 Å². The predicted molar refractivity (Wildman–Crippen MR) is 127 cm³/mol. The van der Waals surface area contributed by atoms with Crippen LogP contribution in [0, 0.1) is 17.8 Å². The average molecular weight is 457 g/mol. The zero-order valence-corrected chi connectivity index (χ0v) is 20.0. The number of carbonyl (C=O) groups excluding carboxylic acids is 4. The average Bonchev–Trinajstić information content (AvgIpc) is 2.75. The molecule has 1 rings (SSSR count). The van der Waals surface area contributed by atoms with Gasteiger partial charge >= 0.3 is 5.97 Å². The third-order valence-electron chi connectivity index (χ3n) is 5.61. The molecule has 6 nitrogen and oxygen atoms in total. The Bertz CT molecular complexity index is 853. The van der Waals surface area contributed by atoms with Crippen LogP contribution in [-0.4, -0.2) is 34.2 Å². The Morgan fingerprint density at radius 2 is 1.48 bits per heavy atom. The standard InChI is InChI=1S/C27H36O6/c1-18(2)14-21(25(30)12-13-27(32)33)17-26(31)22(15-20-8-6-5-7-9-20)16-23(28)10-11-24(29)19(3)4/h5-9,18,21-22H,3,10-17H2,1-2,4H3,(H,32,33). The van der Waals surface area contributed by atoms with Crippen molar-refractivity contribution in [3.8, 4) is 0 Å². The molecule has 1 aromatic carbocycles. The summed E-state index contributed by atoms with van der Waals surface area (Å²) in [6, 6.07) is 9.37. The normalized spacial score (nSPS) is 12.7. The highest BCUT2D eigenvalue weighted by Crippen LogP contribution is 2.24. The van der Waals surface area contributed by atoms with Crippen molar-refractivity contribution in [3.63, 3.8) is 0 Å². The minimum atomic E-state index is -1.05. The summed E-state index contributed by atoms with van der Waals surface area (Å²) in [6.07, 6.45) is 0.624. The summed E-state index contributed by atoms with van der Waals surface area (Å²) in [5.41, 5.74) is 1.32. The molecule has 1 aromatic rings. The molecular formula is C27H36O6. The van der Waals surface area contributed by atoms with Gasteiger partial charge in [-0.05, 0) is 36.8 Å². The van der Waals surface area contributed by atoms with Crippen molar-refractivity contribution in [2.24, 2.45) is 17.8 Å². The number of hydrogen-bond acceptors (Lipinski definition) is 5. The molecule has 0 aliphatic heterocycles. The van der Waals surface area contributed by atoms with Gasteiger partial charge in [0.05, 0.1) is 6.42 Å². The lowest BCUT2D eigenvalue weighted by Crippen LogP contribution is -2.27. The summed E-state index contributed by atoms with van der Waals surface area (Å²) >= 11 is 0. The van der Waals surface area contributed by atoms with E-state index >= 15 is 0 Å². The minimum absolute atomic E-state index is 0.00783. The minimum Gasteiger partial charge on any atom is -0.481 e. The van der Waals surface area contributed by atoms with Gasteiger partial charge in [-0.15, -0.1) is 0 Å². The van der Waals surface area contributed by atoms with Gasteiger partial charge in [-0.2, -0.15) is 0 Å². The highest BCUT2D eigenvalue weighted by molar-refractivity contribution is 5.97. The molecule has 180 valence electrons. The number of carbonyl (C=O) groups is 5. The second kappa shape index (κ2) is 14.3. The molecule has 0 saturated carbocycles. The number of allylic oxidation sites excluding steroid dienone is 1. The summed E-state index contributed by atoms with van der Waals surface area (Å²) in [7, 11) is 0. The van der Waals surface area contributed by atoms with E-state index in [-0.39, 0.29) is 67.6 Å². The van der Waals surface area contributed by atoms with E-state index in [9.17, 15) is 24.0 Å². The first kappa shape index (κ1) is 28.1. The van der Waals surface area contributed by atoms with Gasteiger partial charge in [0.15, 0.2) is 5.78 Å². The van der Waals surface area contributed by atoms with Gasteiger partial charge in [0.1, 0.15) is 17.3 Å². The molecule has 0 heterocycles. The Morgan fingerprint density at radius 3 is 2.03 bits per heavy atom. The van der Waals surface area contributed by atoms with Crippen LogP contribution < -0.4 is 0 Å². The highest BCUT2D eigenvalue weighted by Gasteiger charge is 2.29. The Balaban J connectivity index is 2.96. The maximum Gasteiger partial charge on any atom is 0.303 e. The number of benzene rings is 1. The number of carboxylic acid groups (broad SMARTS) is 1. The number of carboxylic acids is 1. The maximum atomic E-state index is 13.3. The van der Waals surface area contributed by atoms with Crippen molar-refractivity contribution in [1.29, 1.82) is 0 Å². The van der Waals surface area contributed by atoms with Crippen LogP contribution in [0.25, 0.3) is 0 Å². The lowest BCUT2D eigenvalue weighted by molar-refractivity contribution is -0.139. The van der Waals surface area contributed by atoms with Crippen molar-refractivity contribution in [1.82, 2.24) is 0 Å². The third kappa shape index (κ3) is 11.5. The van der Waals surface area contributed by atoms with Gasteiger partial charge in [-0.3, -0.25) is 24.0 Å². The van der Waals surface area contributed by atoms with Gasteiger partial charge in [0, 0.05) is 43.9 Å². The molecule has 0 fully saturated rings. The van der Waals surface area contributed by atoms with Gasteiger partial charge < -0.3 is 5.11 Å². The molecule has 0 aromatic heterocycles. The molecule has 1 N–H and O–H groups in total. The molecule has 0 saturated heterocycles. The highest BCUT2D eigenvalue weighted by atomic mass is 16.4. The first-order valence-electron chi connectivity index (χ1n) is 11.5. The number of hydrogen-bond donors (Lipinski definition) is 1. The van der Waals surface area contributed by atoms with Crippen LogP contribution in [0.5, 0.6) is 0 Å². The first-order chi connectivity index (χ1) is 15.5. The molecule has 6 heteroatoms. The maximum absolute atomic E-state index is 13.3. The molecule has 0 spiro atoms. The van der Waals surface area contributed by atoms with Gasteiger partial charge in [0.25, 0.3) is 0 Å². The molecule has 0 radical (unpaired) electrons. The zero-order chi connectivity index (χ0) is 25.0. The number of rotatable bonds is 17. The van der Waals surface area contributed by atoms with Crippen molar-refractivity contribution in [2.75, 3.05) is 0 Å². The van der Waals surface area contributed by atoms with Crippen LogP contribution in [0.3, 0.4) is 0 Å². The van der Waals surface area contributed by atoms with E-state index in [2.05, 4.69) is 6.58 Å². The number of aliphatic carboxylic acids is 1. The van der Waals surface area contributed by atoms with E-state index in [1.165, 1.54) is 0 Å². The van der Waals surface area contributed by atoms with E-state index < -0.39 is 17.8 Å². The van der Waals surface area contributed by atoms with Gasteiger partial charge in [0.2, 0.25) is 0 Å². The Labute approximate surface area is 196 Å². The summed E-state index contributed by atoms with van der Waals surface area (Å²) in [5, 5.41) is 8.90. The van der Waals surface area contributed by atoms with Crippen LogP contribution in [0.2, 0.25) is 0 Å². The number of ketones is 4. The largest absolute Gasteiger partial charge is 0.481 e. The van der Waals surface area contributed by atoms with Crippen LogP contribution >= 0.6 is 0 Å². The molecule has 2 atom stereocenters. The summed E-state index contributed by atoms with van der Waals surface area (Å²) in [5.74, 6) is -2.78. The lowest BCUT2D eigenvalue weighted by Gasteiger charge is -2.21. The summed E-state index contributed by atoms with van der Waals surface area (Å²) < 4.78 is 0. The lowest BCUT2D eigenvalue weighted by atomic mass is 9.81. The molecule has 2 unspecified atom stereocenters. The Morgan fingerprint density at radius 1 is 0.848 bits per heavy atom. The topological polar surface area (TPSA) is 106 Å². The van der Waals surface area contributed by atoms with E-state index in [1.54, 1.807) is 6.92 Å².